The second kappa shape index (κ2) is 11.4. The lowest BCUT2D eigenvalue weighted by Crippen LogP contribution is -2.23. The Labute approximate surface area is 256 Å². The van der Waals surface area contributed by atoms with Gasteiger partial charge in [0, 0.05) is 13.1 Å². The van der Waals surface area contributed by atoms with Crippen LogP contribution in [0.15, 0.2) is 84.9 Å². The Balaban J connectivity index is 1.66. The maximum absolute atomic E-state index is 14.7. The molecule has 0 aromatic heterocycles. The summed E-state index contributed by atoms with van der Waals surface area (Å²) >= 11 is 0. The Hall–Kier alpha value is -4.62. The molecule has 7 rings (SSSR count). The van der Waals surface area contributed by atoms with Crippen LogP contribution in [0.4, 0.5) is 26.3 Å². The summed E-state index contributed by atoms with van der Waals surface area (Å²) < 4.78 is 86.9. The molecule has 0 saturated carbocycles. The molecule has 0 atom stereocenters. The van der Waals surface area contributed by atoms with Gasteiger partial charge in [-0.15, -0.1) is 0 Å². The normalized spacial score (nSPS) is 13.2. The number of unbranched alkanes of at least 4 members (excludes halogenated alkanes) is 1. The van der Waals surface area contributed by atoms with E-state index in [4.69, 9.17) is 0 Å². The average Bonchev–Trinajstić information content (AvgIpc) is 3.21. The fourth-order valence-electron chi connectivity index (χ4n) is 6.66. The van der Waals surface area contributed by atoms with Crippen LogP contribution < -0.4 is 0 Å². The molecule has 6 aromatic rings. The van der Waals surface area contributed by atoms with E-state index in [9.17, 15) is 26.3 Å². The number of benzene rings is 6. The number of halogens is 6. The van der Waals surface area contributed by atoms with Gasteiger partial charge in [-0.2, -0.15) is 0 Å². The van der Waals surface area contributed by atoms with E-state index in [0.717, 1.165) is 80.9 Å². The van der Waals surface area contributed by atoms with Crippen molar-refractivity contribution in [3.05, 3.63) is 131 Å². The zero-order chi connectivity index (χ0) is 31.4. The van der Waals surface area contributed by atoms with Crippen LogP contribution in [0, 0.1) is 34.9 Å². The minimum absolute atomic E-state index is 0.204. The number of nitrogens with zero attached hydrogens (tertiary/aromatic N) is 1. The summed E-state index contributed by atoms with van der Waals surface area (Å²) in [4.78, 5) is 2.21. The first-order chi connectivity index (χ1) is 21.7. The van der Waals surface area contributed by atoms with Gasteiger partial charge in [-0.05, 0) is 115 Å². The molecule has 0 N–H and O–H groups in total. The van der Waals surface area contributed by atoms with Crippen molar-refractivity contribution in [2.75, 3.05) is 6.54 Å². The Morgan fingerprint density at radius 3 is 1.36 bits per heavy atom. The molecule has 0 fully saturated rings. The smallest absolute Gasteiger partial charge is 0.194 e. The zero-order valence-corrected chi connectivity index (χ0v) is 24.3. The fraction of sp³-hybridized carbons (Fsp3) is 0.158. The zero-order valence-electron chi connectivity index (χ0n) is 24.3. The van der Waals surface area contributed by atoms with Gasteiger partial charge < -0.3 is 0 Å². The molecule has 0 spiro atoms. The van der Waals surface area contributed by atoms with E-state index in [1.165, 1.54) is 0 Å². The van der Waals surface area contributed by atoms with E-state index < -0.39 is 34.9 Å². The van der Waals surface area contributed by atoms with Gasteiger partial charge in [0.05, 0.1) is 0 Å². The molecule has 6 aromatic carbocycles. The minimum Gasteiger partial charge on any atom is -0.295 e. The maximum atomic E-state index is 14.7. The maximum Gasteiger partial charge on any atom is 0.194 e. The highest BCUT2D eigenvalue weighted by molar-refractivity contribution is 6.12. The minimum atomic E-state index is -1.53. The third-order valence-corrected chi connectivity index (χ3v) is 8.74. The van der Waals surface area contributed by atoms with E-state index in [1.807, 2.05) is 60.7 Å². The van der Waals surface area contributed by atoms with Crippen molar-refractivity contribution in [3.63, 3.8) is 0 Å². The van der Waals surface area contributed by atoms with Crippen LogP contribution in [-0.4, -0.2) is 11.4 Å². The van der Waals surface area contributed by atoms with E-state index in [2.05, 4.69) is 11.8 Å². The fourth-order valence-corrected chi connectivity index (χ4v) is 6.66. The van der Waals surface area contributed by atoms with Gasteiger partial charge in [0.1, 0.15) is 0 Å². The molecular formula is C38H27F6N. The first kappa shape index (κ1) is 29.1. The third kappa shape index (κ3) is 4.95. The largest absolute Gasteiger partial charge is 0.295 e. The third-order valence-electron chi connectivity index (χ3n) is 8.74. The summed E-state index contributed by atoms with van der Waals surface area (Å²) in [5.41, 5.74) is 4.77. The number of fused-ring (bicyclic) bond motifs is 7. The Morgan fingerprint density at radius 2 is 0.956 bits per heavy atom. The van der Waals surface area contributed by atoms with E-state index in [1.54, 1.807) is 0 Å². The van der Waals surface area contributed by atoms with Crippen molar-refractivity contribution in [2.24, 2.45) is 0 Å². The molecule has 1 nitrogen and oxygen atoms in total. The summed E-state index contributed by atoms with van der Waals surface area (Å²) in [6.07, 6.45) is 1.77. The van der Waals surface area contributed by atoms with Crippen molar-refractivity contribution >= 4 is 21.5 Å². The lowest BCUT2D eigenvalue weighted by molar-refractivity contribution is 0.256. The highest BCUT2D eigenvalue weighted by Gasteiger charge is 2.29. The molecule has 1 aliphatic rings. The number of rotatable bonds is 5. The van der Waals surface area contributed by atoms with Gasteiger partial charge in [-0.25, -0.2) is 26.3 Å². The summed E-state index contributed by atoms with van der Waals surface area (Å²) in [7, 11) is 0. The standard InChI is InChI=1S/C38H27F6N/c1-2-3-12-45-19-29-27(23-15-31(39)37(43)32(40)16-23)13-21-8-4-6-10-25(21)35(29)36-26-11-7-5-9-22(26)14-28(30(36)20-45)24-17-33(41)38(44)34(42)18-24/h4-11,13-18H,2-3,12,19-20H2,1H3. The van der Waals surface area contributed by atoms with E-state index in [-0.39, 0.29) is 11.1 Å². The quantitative estimate of drug-likeness (QED) is 0.138. The number of hydrogen-bond donors (Lipinski definition) is 0. The SMILES string of the molecule is CCCCN1Cc2c(-c3cc(F)c(F)c(F)c3)cc3ccccc3c2-c2c(c(-c3cc(F)c(F)c(F)c3)cc3ccccc23)C1. The average molecular weight is 612 g/mol. The summed E-state index contributed by atoms with van der Waals surface area (Å²) in [5, 5.41) is 3.38. The van der Waals surface area contributed by atoms with Gasteiger partial charge in [0.15, 0.2) is 34.9 Å². The van der Waals surface area contributed by atoms with Gasteiger partial charge in [-0.3, -0.25) is 4.90 Å². The van der Waals surface area contributed by atoms with Gasteiger partial charge in [-0.1, -0.05) is 61.9 Å². The van der Waals surface area contributed by atoms with Gasteiger partial charge in [0.25, 0.3) is 0 Å². The molecule has 0 unspecified atom stereocenters. The summed E-state index contributed by atoms with van der Waals surface area (Å²) in [6, 6.07) is 23.2. The van der Waals surface area contributed by atoms with Crippen LogP contribution in [0.25, 0.3) is 54.9 Å². The van der Waals surface area contributed by atoms with Crippen LogP contribution in [0.3, 0.4) is 0 Å². The van der Waals surface area contributed by atoms with Crippen molar-refractivity contribution in [3.8, 4) is 33.4 Å². The van der Waals surface area contributed by atoms with E-state index in [0.29, 0.717) is 30.8 Å². The van der Waals surface area contributed by atoms with Crippen molar-refractivity contribution in [1.29, 1.82) is 0 Å². The predicted molar refractivity (Wildman–Crippen MR) is 167 cm³/mol. The van der Waals surface area contributed by atoms with Crippen molar-refractivity contribution < 1.29 is 26.3 Å². The van der Waals surface area contributed by atoms with Crippen LogP contribution in [-0.2, 0) is 13.1 Å². The summed E-state index contributed by atoms with van der Waals surface area (Å²) in [6.45, 7) is 3.54. The first-order valence-corrected chi connectivity index (χ1v) is 14.9. The second-order valence-corrected chi connectivity index (χ2v) is 11.6. The molecule has 45 heavy (non-hydrogen) atoms. The van der Waals surface area contributed by atoms with Gasteiger partial charge >= 0.3 is 0 Å². The monoisotopic (exact) mass is 611 g/mol. The van der Waals surface area contributed by atoms with Crippen LogP contribution in [0.5, 0.6) is 0 Å². The molecular weight excluding hydrogens is 584 g/mol. The van der Waals surface area contributed by atoms with Crippen molar-refractivity contribution in [2.45, 2.75) is 32.9 Å². The van der Waals surface area contributed by atoms with Crippen molar-refractivity contribution in [1.82, 2.24) is 4.90 Å². The molecule has 1 heterocycles. The molecule has 7 heteroatoms. The topological polar surface area (TPSA) is 3.24 Å². The predicted octanol–water partition coefficient (Wildman–Crippen LogP) is 10.9. The molecule has 1 aliphatic heterocycles. The van der Waals surface area contributed by atoms with Crippen LogP contribution in [0.1, 0.15) is 30.9 Å². The lowest BCUT2D eigenvalue weighted by atomic mass is 9.82. The first-order valence-electron chi connectivity index (χ1n) is 14.9. The molecule has 0 bridgehead atoms. The molecule has 0 aliphatic carbocycles. The van der Waals surface area contributed by atoms with Crippen LogP contribution in [0.2, 0.25) is 0 Å². The Bertz CT molecular complexity index is 1940. The van der Waals surface area contributed by atoms with Gasteiger partial charge in [0.2, 0.25) is 0 Å². The molecule has 0 radical (unpaired) electrons. The van der Waals surface area contributed by atoms with Crippen LogP contribution >= 0.6 is 0 Å². The second-order valence-electron chi connectivity index (χ2n) is 11.6. The lowest BCUT2D eigenvalue weighted by Gasteiger charge is -2.23. The Kier molecular flexibility index (Phi) is 7.37. The highest BCUT2D eigenvalue weighted by atomic mass is 19.2. The molecule has 0 amide bonds. The Morgan fingerprint density at radius 1 is 0.556 bits per heavy atom. The highest BCUT2D eigenvalue weighted by Crippen LogP contribution is 2.48. The summed E-state index contributed by atoms with van der Waals surface area (Å²) in [5.74, 6) is -8.19. The van der Waals surface area contributed by atoms with E-state index >= 15 is 0 Å². The molecule has 0 saturated heterocycles. The molecule has 226 valence electrons. The number of hydrogen-bond acceptors (Lipinski definition) is 1.